The van der Waals surface area contributed by atoms with E-state index in [-0.39, 0.29) is 18.5 Å². The van der Waals surface area contributed by atoms with Crippen molar-refractivity contribution >= 4 is 17.5 Å². The Labute approximate surface area is 173 Å². The van der Waals surface area contributed by atoms with Crippen LogP contribution in [0, 0.1) is 0 Å². The second kappa shape index (κ2) is 8.13. The summed E-state index contributed by atoms with van der Waals surface area (Å²) in [5.74, 6) is 1.69. The number of ether oxygens (including phenoxy) is 2. The summed E-state index contributed by atoms with van der Waals surface area (Å²) < 4.78 is 16.4. The zero-order valence-corrected chi connectivity index (χ0v) is 16.8. The summed E-state index contributed by atoms with van der Waals surface area (Å²) >= 11 is 5.92. The molecule has 1 aliphatic rings. The van der Waals surface area contributed by atoms with Crippen molar-refractivity contribution in [3.8, 4) is 23.0 Å². The van der Waals surface area contributed by atoms with Gasteiger partial charge < -0.3 is 18.8 Å². The number of amides is 1. The van der Waals surface area contributed by atoms with Gasteiger partial charge in [0.15, 0.2) is 0 Å². The summed E-state index contributed by atoms with van der Waals surface area (Å²) in [6.45, 7) is 0.227. The van der Waals surface area contributed by atoms with E-state index in [4.69, 9.17) is 25.5 Å². The monoisotopic (exact) mass is 413 g/mol. The van der Waals surface area contributed by atoms with E-state index < -0.39 is 0 Å². The first-order chi connectivity index (χ1) is 14.1. The van der Waals surface area contributed by atoms with Gasteiger partial charge in [-0.15, -0.1) is 10.2 Å². The van der Waals surface area contributed by atoms with Gasteiger partial charge in [-0.2, -0.15) is 0 Å². The maximum absolute atomic E-state index is 13.3. The molecule has 0 spiro atoms. The number of carbonyl (C=O) groups is 1. The van der Waals surface area contributed by atoms with Crippen LogP contribution in [-0.2, 0) is 6.54 Å². The highest BCUT2D eigenvalue weighted by atomic mass is 35.5. The molecule has 1 aliphatic carbocycles. The van der Waals surface area contributed by atoms with Gasteiger partial charge >= 0.3 is 0 Å². The van der Waals surface area contributed by atoms with Crippen molar-refractivity contribution in [2.75, 3.05) is 14.2 Å². The first-order valence-electron chi connectivity index (χ1n) is 9.20. The zero-order valence-electron chi connectivity index (χ0n) is 16.1. The van der Waals surface area contributed by atoms with Crippen molar-refractivity contribution in [2.24, 2.45) is 0 Å². The Bertz CT molecular complexity index is 1020. The van der Waals surface area contributed by atoms with E-state index in [0.29, 0.717) is 33.9 Å². The molecule has 1 amide bonds. The van der Waals surface area contributed by atoms with E-state index >= 15 is 0 Å². The van der Waals surface area contributed by atoms with Gasteiger partial charge in [-0.3, -0.25) is 4.79 Å². The molecular weight excluding hydrogens is 394 g/mol. The lowest BCUT2D eigenvalue weighted by Crippen LogP contribution is -2.33. The third-order valence-electron chi connectivity index (χ3n) is 4.75. The number of nitrogens with zero attached hydrogens (tertiary/aromatic N) is 3. The number of methoxy groups -OCH3 is 2. The average Bonchev–Trinajstić information content (AvgIpc) is 3.49. The van der Waals surface area contributed by atoms with Gasteiger partial charge in [0.1, 0.15) is 11.5 Å². The molecule has 7 nitrogen and oxygen atoms in total. The summed E-state index contributed by atoms with van der Waals surface area (Å²) in [7, 11) is 3.10. The van der Waals surface area contributed by atoms with E-state index in [9.17, 15) is 4.79 Å². The van der Waals surface area contributed by atoms with Crippen molar-refractivity contribution in [2.45, 2.75) is 25.4 Å². The lowest BCUT2D eigenvalue weighted by molar-refractivity contribution is 0.0710. The molecule has 1 saturated carbocycles. The molecule has 1 aromatic heterocycles. The lowest BCUT2D eigenvalue weighted by atomic mass is 10.1. The van der Waals surface area contributed by atoms with Gasteiger partial charge in [-0.25, -0.2) is 0 Å². The average molecular weight is 414 g/mol. The van der Waals surface area contributed by atoms with Gasteiger partial charge in [-0.1, -0.05) is 11.6 Å². The highest BCUT2D eigenvalue weighted by Crippen LogP contribution is 2.33. The Balaban J connectivity index is 1.58. The third kappa shape index (κ3) is 4.19. The fraction of sp³-hybridized carbons (Fsp3) is 0.286. The summed E-state index contributed by atoms with van der Waals surface area (Å²) in [6.07, 6.45) is 1.88. The van der Waals surface area contributed by atoms with Crippen LogP contribution in [0.4, 0.5) is 0 Å². The number of aromatic nitrogens is 2. The van der Waals surface area contributed by atoms with Crippen LogP contribution in [0.15, 0.2) is 46.9 Å². The first-order valence-corrected chi connectivity index (χ1v) is 9.58. The summed E-state index contributed by atoms with van der Waals surface area (Å²) in [4.78, 5) is 15.0. The third-order valence-corrected chi connectivity index (χ3v) is 5.00. The number of benzene rings is 2. The molecule has 1 heterocycles. The summed E-state index contributed by atoms with van der Waals surface area (Å²) in [5.41, 5.74) is 1.21. The molecule has 0 saturated heterocycles. The maximum atomic E-state index is 13.3. The number of hydrogen-bond acceptors (Lipinski definition) is 6. The van der Waals surface area contributed by atoms with Gasteiger partial charge in [-0.05, 0) is 55.3 Å². The van der Waals surface area contributed by atoms with Crippen LogP contribution < -0.4 is 9.47 Å². The largest absolute Gasteiger partial charge is 0.497 e. The summed E-state index contributed by atoms with van der Waals surface area (Å²) in [6, 6.07) is 12.4. The lowest BCUT2D eigenvalue weighted by Gasteiger charge is -2.22. The molecule has 2 aromatic carbocycles. The van der Waals surface area contributed by atoms with Crippen LogP contribution in [0.1, 0.15) is 29.1 Å². The molecule has 0 unspecified atom stereocenters. The fourth-order valence-corrected chi connectivity index (χ4v) is 3.19. The number of carbonyl (C=O) groups excluding carboxylic acids is 1. The zero-order chi connectivity index (χ0) is 20.4. The molecule has 0 N–H and O–H groups in total. The highest BCUT2D eigenvalue weighted by Gasteiger charge is 2.35. The fourth-order valence-electron chi connectivity index (χ4n) is 3.06. The van der Waals surface area contributed by atoms with Crippen molar-refractivity contribution in [1.29, 1.82) is 0 Å². The Morgan fingerprint density at radius 1 is 1.14 bits per heavy atom. The molecule has 0 aliphatic heterocycles. The van der Waals surface area contributed by atoms with Crippen molar-refractivity contribution in [3.05, 3.63) is 58.9 Å². The van der Waals surface area contributed by atoms with Gasteiger partial charge in [0.05, 0.1) is 26.3 Å². The summed E-state index contributed by atoms with van der Waals surface area (Å²) in [5, 5.41) is 8.85. The minimum Gasteiger partial charge on any atom is -0.497 e. The second-order valence-electron chi connectivity index (χ2n) is 6.74. The van der Waals surface area contributed by atoms with Crippen molar-refractivity contribution < 1.29 is 18.7 Å². The van der Waals surface area contributed by atoms with Crippen molar-refractivity contribution in [1.82, 2.24) is 15.1 Å². The minimum absolute atomic E-state index is 0.143. The predicted octanol–water partition coefficient (Wildman–Crippen LogP) is 4.21. The Morgan fingerprint density at radius 2 is 1.90 bits per heavy atom. The van der Waals surface area contributed by atoms with E-state index in [0.717, 1.165) is 18.4 Å². The Hall–Kier alpha value is -3.06. The molecule has 4 rings (SSSR count). The van der Waals surface area contributed by atoms with E-state index in [1.54, 1.807) is 42.3 Å². The number of rotatable bonds is 7. The molecule has 0 atom stereocenters. The topological polar surface area (TPSA) is 77.7 Å². The molecule has 1 fully saturated rings. The molecule has 150 valence electrons. The van der Waals surface area contributed by atoms with Crippen LogP contribution >= 0.6 is 11.6 Å². The molecule has 8 heteroatoms. The number of halogens is 1. The highest BCUT2D eigenvalue weighted by molar-refractivity contribution is 6.30. The SMILES string of the molecule is COc1ccc(OC)c(C(=O)N(Cc2nnc(-c3ccc(Cl)cc3)o2)C2CC2)c1. The van der Waals surface area contributed by atoms with E-state index in [1.165, 1.54) is 7.11 Å². The van der Waals surface area contributed by atoms with E-state index in [2.05, 4.69) is 10.2 Å². The molecule has 0 radical (unpaired) electrons. The van der Waals surface area contributed by atoms with Gasteiger partial charge in [0.25, 0.3) is 5.91 Å². The standard InChI is InChI=1S/C21H20ClN3O4/c1-27-16-9-10-18(28-2)17(11-16)21(26)25(15-7-8-15)12-19-23-24-20(29-19)13-3-5-14(22)6-4-13/h3-6,9-11,15H,7-8,12H2,1-2H3. The predicted molar refractivity (Wildman–Crippen MR) is 107 cm³/mol. The van der Waals surface area contributed by atoms with E-state index in [1.807, 2.05) is 12.1 Å². The molecular formula is C21H20ClN3O4. The van der Waals surface area contributed by atoms with Gasteiger partial charge in [0, 0.05) is 16.6 Å². The molecule has 29 heavy (non-hydrogen) atoms. The van der Waals surface area contributed by atoms with Crippen molar-refractivity contribution in [3.63, 3.8) is 0 Å². The van der Waals surface area contributed by atoms with Crippen LogP contribution in [-0.4, -0.2) is 41.3 Å². The Morgan fingerprint density at radius 3 is 2.55 bits per heavy atom. The Kier molecular flexibility index (Phi) is 5.40. The molecule has 0 bridgehead atoms. The maximum Gasteiger partial charge on any atom is 0.258 e. The number of hydrogen-bond donors (Lipinski definition) is 0. The van der Waals surface area contributed by atoms with Crippen LogP contribution in [0.25, 0.3) is 11.5 Å². The van der Waals surface area contributed by atoms with Gasteiger partial charge in [0.2, 0.25) is 11.8 Å². The quantitative estimate of drug-likeness (QED) is 0.577. The second-order valence-corrected chi connectivity index (χ2v) is 7.17. The smallest absolute Gasteiger partial charge is 0.258 e. The van der Waals surface area contributed by atoms with Crippen LogP contribution in [0.5, 0.6) is 11.5 Å². The normalized spacial score (nSPS) is 13.2. The first kappa shape index (κ1) is 19.3. The van der Waals surface area contributed by atoms with Crippen LogP contribution in [0.2, 0.25) is 5.02 Å². The van der Waals surface area contributed by atoms with Crippen LogP contribution in [0.3, 0.4) is 0 Å². The minimum atomic E-state index is -0.158. The molecule has 3 aromatic rings.